The highest BCUT2D eigenvalue weighted by Crippen LogP contribution is 2.38. The molecule has 126 valence electrons. The summed E-state index contributed by atoms with van der Waals surface area (Å²) in [5, 5.41) is 11.5. The number of aliphatic carboxylic acids is 1. The number of alkyl halides is 3. The second-order valence-electron chi connectivity index (χ2n) is 5.69. The summed E-state index contributed by atoms with van der Waals surface area (Å²) < 4.78 is 38.8. The summed E-state index contributed by atoms with van der Waals surface area (Å²) in [6, 6.07) is 4.62. The third-order valence-corrected chi connectivity index (χ3v) is 4.06. The number of rotatable bonds is 2. The van der Waals surface area contributed by atoms with Crippen LogP contribution in [-0.4, -0.2) is 41.3 Å². The number of carbonyl (C=O) groups is 2. The number of nitrogens with one attached hydrogen (secondary N) is 1. The van der Waals surface area contributed by atoms with E-state index in [0.717, 1.165) is 16.0 Å². The average molecular weight is 330 g/mol. The summed E-state index contributed by atoms with van der Waals surface area (Å²) in [6.45, 7) is 2.42. The monoisotopic (exact) mass is 330 g/mol. The lowest BCUT2D eigenvalue weighted by molar-refractivity contribution is -0.187. The van der Waals surface area contributed by atoms with Gasteiger partial charge in [-0.05, 0) is 25.0 Å². The number of likely N-dealkylation sites (tertiary alicyclic amines) is 1. The molecule has 5 nitrogen and oxygen atoms in total. The Kier molecular flexibility index (Phi) is 4.53. The molecule has 2 rings (SSSR count). The fourth-order valence-electron chi connectivity index (χ4n) is 2.75. The van der Waals surface area contributed by atoms with Crippen molar-refractivity contribution in [1.29, 1.82) is 0 Å². The van der Waals surface area contributed by atoms with Gasteiger partial charge in [0.05, 0.1) is 11.8 Å². The zero-order valence-corrected chi connectivity index (χ0v) is 12.6. The minimum atomic E-state index is -4.66. The highest BCUT2D eigenvalue weighted by Gasteiger charge is 2.53. The van der Waals surface area contributed by atoms with E-state index >= 15 is 0 Å². The van der Waals surface area contributed by atoms with Crippen LogP contribution >= 0.6 is 0 Å². The molecule has 0 saturated carbocycles. The van der Waals surface area contributed by atoms with E-state index in [1.807, 2.05) is 0 Å². The number of benzene rings is 1. The first-order valence-corrected chi connectivity index (χ1v) is 7.03. The summed E-state index contributed by atoms with van der Waals surface area (Å²) in [4.78, 5) is 24.2. The molecule has 1 aliphatic heterocycles. The van der Waals surface area contributed by atoms with Crippen molar-refractivity contribution in [3.8, 4) is 0 Å². The second kappa shape index (κ2) is 6.10. The van der Waals surface area contributed by atoms with E-state index in [9.17, 15) is 22.8 Å². The van der Waals surface area contributed by atoms with Crippen LogP contribution in [0.5, 0.6) is 0 Å². The number of carbonyl (C=O) groups excluding carboxylic acids is 1. The van der Waals surface area contributed by atoms with E-state index in [2.05, 4.69) is 5.32 Å². The number of hydrogen-bond donors (Lipinski definition) is 2. The van der Waals surface area contributed by atoms with Gasteiger partial charge in [-0.15, -0.1) is 0 Å². The number of halogens is 3. The van der Waals surface area contributed by atoms with Crippen LogP contribution < -0.4 is 5.32 Å². The number of aryl methyl sites for hydroxylation is 2. The van der Waals surface area contributed by atoms with Crippen LogP contribution in [0.1, 0.15) is 11.1 Å². The largest absolute Gasteiger partial charge is 0.481 e. The van der Waals surface area contributed by atoms with E-state index in [-0.39, 0.29) is 0 Å². The Balaban J connectivity index is 2.16. The number of nitrogens with zero attached hydrogens (tertiary/aromatic N) is 1. The first-order valence-electron chi connectivity index (χ1n) is 7.03. The lowest BCUT2D eigenvalue weighted by atomic mass is 9.96. The number of urea groups is 1. The summed E-state index contributed by atoms with van der Waals surface area (Å²) in [6.07, 6.45) is -4.66. The number of amides is 2. The highest BCUT2D eigenvalue weighted by atomic mass is 19.4. The Morgan fingerprint density at radius 3 is 2.22 bits per heavy atom. The Morgan fingerprint density at radius 2 is 1.78 bits per heavy atom. The predicted octanol–water partition coefficient (Wildman–Crippen LogP) is 3.03. The van der Waals surface area contributed by atoms with Gasteiger partial charge >= 0.3 is 18.2 Å². The molecule has 2 N–H and O–H groups in total. The van der Waals surface area contributed by atoms with Gasteiger partial charge in [0.15, 0.2) is 0 Å². The molecule has 1 fully saturated rings. The van der Waals surface area contributed by atoms with Gasteiger partial charge in [0.25, 0.3) is 0 Å². The van der Waals surface area contributed by atoms with Crippen molar-refractivity contribution in [3.63, 3.8) is 0 Å². The smallest absolute Gasteiger partial charge is 0.394 e. The Morgan fingerprint density at radius 1 is 1.22 bits per heavy atom. The summed E-state index contributed by atoms with van der Waals surface area (Å²) >= 11 is 0. The third kappa shape index (κ3) is 3.57. The van der Waals surface area contributed by atoms with Gasteiger partial charge in [0, 0.05) is 18.8 Å². The van der Waals surface area contributed by atoms with Crippen LogP contribution in [0.4, 0.5) is 23.7 Å². The van der Waals surface area contributed by atoms with E-state index in [1.54, 1.807) is 32.0 Å². The van der Waals surface area contributed by atoms with E-state index < -0.39 is 43.1 Å². The topological polar surface area (TPSA) is 69.6 Å². The van der Waals surface area contributed by atoms with Gasteiger partial charge in [-0.3, -0.25) is 4.79 Å². The van der Waals surface area contributed by atoms with Crippen LogP contribution in [0.25, 0.3) is 0 Å². The molecule has 23 heavy (non-hydrogen) atoms. The molecule has 2 amide bonds. The molecule has 0 unspecified atom stereocenters. The lowest BCUT2D eigenvalue weighted by Crippen LogP contribution is -2.35. The maximum atomic E-state index is 12.9. The highest BCUT2D eigenvalue weighted by molar-refractivity contribution is 5.91. The van der Waals surface area contributed by atoms with Crippen LogP contribution in [0, 0.1) is 25.7 Å². The fourth-order valence-corrected chi connectivity index (χ4v) is 2.75. The molecule has 8 heteroatoms. The van der Waals surface area contributed by atoms with Crippen molar-refractivity contribution in [2.45, 2.75) is 20.0 Å². The first kappa shape index (κ1) is 17.1. The van der Waals surface area contributed by atoms with E-state index in [1.165, 1.54) is 0 Å². The van der Waals surface area contributed by atoms with Crippen molar-refractivity contribution in [3.05, 3.63) is 29.3 Å². The number of anilines is 1. The molecule has 1 aromatic rings. The Bertz CT molecular complexity index is 611. The van der Waals surface area contributed by atoms with Gasteiger partial charge in [-0.1, -0.05) is 18.2 Å². The molecule has 1 saturated heterocycles. The normalized spacial score (nSPS) is 21.3. The van der Waals surface area contributed by atoms with Crippen molar-refractivity contribution in [1.82, 2.24) is 4.90 Å². The number of hydrogen-bond acceptors (Lipinski definition) is 2. The summed E-state index contributed by atoms with van der Waals surface area (Å²) in [7, 11) is 0. The summed E-state index contributed by atoms with van der Waals surface area (Å²) in [5.41, 5.74) is 2.08. The maximum absolute atomic E-state index is 12.9. The lowest BCUT2D eigenvalue weighted by Gasteiger charge is -2.20. The molecule has 2 atom stereocenters. The zero-order chi connectivity index (χ0) is 17.4. The van der Waals surface area contributed by atoms with Gasteiger partial charge < -0.3 is 15.3 Å². The Labute approximate surface area is 131 Å². The van der Waals surface area contributed by atoms with Crippen molar-refractivity contribution < 1.29 is 27.9 Å². The standard InChI is InChI=1S/C15H17F3N2O3/c1-8-4-3-5-9(2)12(8)19-14(23)20-6-10(13(21)22)11(7-20)15(16,17)18/h3-5,10-11H,6-7H2,1-2H3,(H,19,23)(H,21,22)/t10-,11-/m1/s1. The van der Waals surface area contributed by atoms with Gasteiger partial charge in [-0.2, -0.15) is 13.2 Å². The number of para-hydroxylation sites is 1. The average Bonchev–Trinajstić information content (AvgIpc) is 2.88. The SMILES string of the molecule is Cc1cccc(C)c1NC(=O)N1C[C@@H](C(F)(F)F)[C@H](C(=O)O)C1. The minimum absolute atomic E-state index is 0.462. The van der Waals surface area contributed by atoms with E-state index in [4.69, 9.17) is 5.11 Å². The maximum Gasteiger partial charge on any atom is 0.394 e. The van der Waals surface area contributed by atoms with Gasteiger partial charge in [0.1, 0.15) is 0 Å². The molecular weight excluding hydrogens is 313 g/mol. The second-order valence-corrected chi connectivity index (χ2v) is 5.69. The zero-order valence-electron chi connectivity index (χ0n) is 12.6. The van der Waals surface area contributed by atoms with Crippen LogP contribution in [0.3, 0.4) is 0 Å². The molecule has 1 aliphatic rings. The molecule has 0 spiro atoms. The van der Waals surface area contributed by atoms with Crippen LogP contribution in [0.15, 0.2) is 18.2 Å². The van der Waals surface area contributed by atoms with Crippen LogP contribution in [0.2, 0.25) is 0 Å². The van der Waals surface area contributed by atoms with Crippen LogP contribution in [-0.2, 0) is 4.79 Å². The number of carboxylic acid groups (broad SMARTS) is 1. The number of carboxylic acids is 1. The first-order chi connectivity index (χ1) is 10.6. The Hall–Kier alpha value is -2.25. The minimum Gasteiger partial charge on any atom is -0.481 e. The molecule has 1 heterocycles. The molecule has 1 aromatic carbocycles. The molecular formula is C15H17F3N2O3. The predicted molar refractivity (Wildman–Crippen MR) is 77.2 cm³/mol. The van der Waals surface area contributed by atoms with Crippen molar-refractivity contribution in [2.24, 2.45) is 11.8 Å². The van der Waals surface area contributed by atoms with Crippen molar-refractivity contribution >= 4 is 17.7 Å². The van der Waals surface area contributed by atoms with Gasteiger partial charge in [0.2, 0.25) is 0 Å². The molecule has 0 aliphatic carbocycles. The quantitative estimate of drug-likeness (QED) is 0.876. The van der Waals surface area contributed by atoms with Crippen molar-refractivity contribution in [2.75, 3.05) is 18.4 Å². The fraction of sp³-hybridized carbons (Fsp3) is 0.467. The van der Waals surface area contributed by atoms with E-state index in [0.29, 0.717) is 5.69 Å². The van der Waals surface area contributed by atoms with Gasteiger partial charge in [-0.25, -0.2) is 4.79 Å². The molecule has 0 bridgehead atoms. The molecule has 0 aromatic heterocycles. The summed E-state index contributed by atoms with van der Waals surface area (Å²) in [5.74, 6) is -5.24. The molecule has 0 radical (unpaired) electrons. The third-order valence-electron chi connectivity index (χ3n) is 4.06.